The Morgan fingerprint density at radius 1 is 1.30 bits per heavy atom. The number of nitrogens with one attached hydrogen (secondary N) is 3. The van der Waals surface area contributed by atoms with Gasteiger partial charge in [-0.15, -0.1) is 0 Å². The molecule has 2 aromatic rings. The molecule has 162 valence electrons. The fourth-order valence-corrected chi connectivity index (χ4v) is 3.28. The second kappa shape index (κ2) is 10.8. The molecule has 0 aliphatic heterocycles. The van der Waals surface area contributed by atoms with Gasteiger partial charge in [0.2, 0.25) is 5.95 Å². The normalized spacial score (nSPS) is 19.7. The molecule has 1 saturated carbocycles. The van der Waals surface area contributed by atoms with Crippen LogP contribution in [0.1, 0.15) is 54.9 Å². The molecule has 2 aromatic heterocycles. The summed E-state index contributed by atoms with van der Waals surface area (Å²) in [6.07, 6.45) is 6.93. The van der Waals surface area contributed by atoms with E-state index in [4.69, 9.17) is 0 Å². The molecule has 1 atom stereocenters. The van der Waals surface area contributed by atoms with E-state index in [-0.39, 0.29) is 30.5 Å². The second-order valence-electron chi connectivity index (χ2n) is 7.54. The minimum atomic E-state index is -0.993. The average molecular weight is 417 g/mol. The van der Waals surface area contributed by atoms with Crippen molar-refractivity contribution in [2.24, 2.45) is 0 Å². The van der Waals surface area contributed by atoms with Crippen molar-refractivity contribution >= 4 is 17.7 Å². The molecule has 3 rings (SSSR count). The first kappa shape index (κ1) is 21.9. The minimum Gasteiger partial charge on any atom is -0.393 e. The number of amides is 1. The van der Waals surface area contributed by atoms with Crippen molar-refractivity contribution in [3.63, 3.8) is 0 Å². The summed E-state index contributed by atoms with van der Waals surface area (Å²) in [7, 11) is 0. The van der Waals surface area contributed by atoms with E-state index in [1.165, 1.54) is 6.20 Å². The lowest BCUT2D eigenvalue weighted by Crippen LogP contribution is -2.31. The van der Waals surface area contributed by atoms with Crippen LogP contribution in [0.15, 0.2) is 30.7 Å². The van der Waals surface area contributed by atoms with E-state index in [1.807, 2.05) is 12.1 Å². The standard InChI is InChI=1S/C21H29FN6O2/c1-2-15(22)12-25-21-26-13-18(20(30)24-11-14-4-3-9-23-10-14)19(28-21)27-16-5-7-17(29)8-6-16/h3-4,9-10,13,15-17,29H,2,5-8,11-12H2,1H3,(H,24,30)(H2,25,26,27,28)/t15-,16?,17?/m0/s1. The first-order valence-electron chi connectivity index (χ1n) is 10.4. The predicted molar refractivity (Wildman–Crippen MR) is 113 cm³/mol. The van der Waals surface area contributed by atoms with E-state index in [1.54, 1.807) is 19.3 Å². The topological polar surface area (TPSA) is 112 Å². The van der Waals surface area contributed by atoms with Gasteiger partial charge in [0.15, 0.2) is 0 Å². The van der Waals surface area contributed by atoms with E-state index >= 15 is 0 Å². The Morgan fingerprint density at radius 3 is 2.80 bits per heavy atom. The molecular weight excluding hydrogens is 387 g/mol. The predicted octanol–water partition coefficient (Wildman–Crippen LogP) is 2.68. The number of anilines is 2. The Morgan fingerprint density at radius 2 is 2.10 bits per heavy atom. The van der Waals surface area contributed by atoms with E-state index in [2.05, 4.69) is 30.9 Å². The first-order valence-corrected chi connectivity index (χ1v) is 10.4. The van der Waals surface area contributed by atoms with Gasteiger partial charge in [-0.25, -0.2) is 9.37 Å². The summed E-state index contributed by atoms with van der Waals surface area (Å²) in [6, 6.07) is 3.79. The molecule has 0 spiro atoms. The van der Waals surface area contributed by atoms with E-state index in [9.17, 15) is 14.3 Å². The second-order valence-corrected chi connectivity index (χ2v) is 7.54. The molecule has 1 aliphatic carbocycles. The van der Waals surface area contributed by atoms with Gasteiger partial charge in [0.25, 0.3) is 5.91 Å². The van der Waals surface area contributed by atoms with Crippen molar-refractivity contribution in [1.29, 1.82) is 0 Å². The Labute approximate surface area is 175 Å². The van der Waals surface area contributed by atoms with Crippen LogP contribution in [0.4, 0.5) is 16.2 Å². The number of hydrogen-bond acceptors (Lipinski definition) is 7. The molecule has 0 saturated heterocycles. The van der Waals surface area contributed by atoms with Crippen LogP contribution in [0.2, 0.25) is 0 Å². The third kappa shape index (κ3) is 6.35. The summed E-state index contributed by atoms with van der Waals surface area (Å²) >= 11 is 0. The molecule has 1 aliphatic rings. The fraction of sp³-hybridized carbons (Fsp3) is 0.524. The van der Waals surface area contributed by atoms with Gasteiger partial charge in [-0.05, 0) is 43.7 Å². The smallest absolute Gasteiger partial charge is 0.256 e. The van der Waals surface area contributed by atoms with Gasteiger partial charge < -0.3 is 21.1 Å². The third-order valence-electron chi connectivity index (χ3n) is 5.17. The number of rotatable bonds is 9. The Balaban J connectivity index is 1.72. The number of halogens is 1. The summed E-state index contributed by atoms with van der Waals surface area (Å²) in [5.74, 6) is 0.374. The first-order chi connectivity index (χ1) is 14.5. The van der Waals surface area contributed by atoms with Gasteiger partial charge in [-0.2, -0.15) is 4.98 Å². The Kier molecular flexibility index (Phi) is 7.89. The van der Waals surface area contributed by atoms with Crippen molar-refractivity contribution in [1.82, 2.24) is 20.3 Å². The number of hydrogen-bond donors (Lipinski definition) is 4. The van der Waals surface area contributed by atoms with E-state index in [0.29, 0.717) is 37.2 Å². The Bertz CT molecular complexity index is 814. The summed E-state index contributed by atoms with van der Waals surface area (Å²) in [4.78, 5) is 25.4. The highest BCUT2D eigenvalue weighted by Gasteiger charge is 2.22. The molecule has 1 fully saturated rings. The number of carbonyl (C=O) groups is 1. The molecular formula is C21H29FN6O2. The zero-order valence-electron chi connectivity index (χ0n) is 17.1. The van der Waals surface area contributed by atoms with Gasteiger partial charge in [0.05, 0.1) is 6.10 Å². The van der Waals surface area contributed by atoms with Gasteiger partial charge in [-0.3, -0.25) is 9.78 Å². The van der Waals surface area contributed by atoms with Crippen LogP contribution in [-0.4, -0.2) is 50.8 Å². The van der Waals surface area contributed by atoms with Crippen LogP contribution in [0.3, 0.4) is 0 Å². The average Bonchev–Trinajstić information content (AvgIpc) is 2.78. The van der Waals surface area contributed by atoms with Crippen LogP contribution in [0, 0.1) is 0 Å². The quantitative estimate of drug-likeness (QED) is 0.497. The van der Waals surface area contributed by atoms with Crippen molar-refractivity contribution in [3.05, 3.63) is 41.9 Å². The summed E-state index contributed by atoms with van der Waals surface area (Å²) in [5, 5.41) is 18.8. The molecule has 0 radical (unpaired) electrons. The summed E-state index contributed by atoms with van der Waals surface area (Å²) < 4.78 is 13.6. The SMILES string of the molecule is CC[C@H](F)CNc1ncc(C(=O)NCc2cccnc2)c(NC2CCC(O)CC2)n1. The highest BCUT2D eigenvalue weighted by atomic mass is 19.1. The molecule has 2 heterocycles. The van der Waals surface area contributed by atoms with Gasteiger partial charge in [0.1, 0.15) is 17.6 Å². The molecule has 4 N–H and O–H groups in total. The maximum absolute atomic E-state index is 13.6. The van der Waals surface area contributed by atoms with Crippen LogP contribution in [0.5, 0.6) is 0 Å². The van der Waals surface area contributed by atoms with Crippen LogP contribution in [0.25, 0.3) is 0 Å². The lowest BCUT2D eigenvalue weighted by atomic mass is 9.93. The maximum Gasteiger partial charge on any atom is 0.256 e. The van der Waals surface area contributed by atoms with E-state index in [0.717, 1.165) is 18.4 Å². The zero-order valence-corrected chi connectivity index (χ0v) is 17.1. The minimum absolute atomic E-state index is 0.102. The van der Waals surface area contributed by atoms with E-state index < -0.39 is 6.17 Å². The van der Waals surface area contributed by atoms with Crippen molar-refractivity contribution in [3.8, 4) is 0 Å². The maximum atomic E-state index is 13.6. The van der Waals surface area contributed by atoms with Gasteiger partial charge in [0, 0.05) is 37.7 Å². The molecule has 8 nitrogen and oxygen atoms in total. The summed E-state index contributed by atoms with van der Waals surface area (Å²) in [5.41, 5.74) is 1.21. The molecule has 1 amide bonds. The van der Waals surface area contributed by atoms with Crippen molar-refractivity contribution in [2.75, 3.05) is 17.2 Å². The van der Waals surface area contributed by atoms with Crippen LogP contribution < -0.4 is 16.0 Å². The largest absolute Gasteiger partial charge is 0.393 e. The Hall–Kier alpha value is -2.81. The lowest BCUT2D eigenvalue weighted by molar-refractivity contribution is 0.0950. The van der Waals surface area contributed by atoms with Crippen LogP contribution in [-0.2, 0) is 6.54 Å². The number of aliphatic hydroxyl groups is 1. The van der Waals surface area contributed by atoms with Crippen molar-refractivity contribution < 1.29 is 14.3 Å². The van der Waals surface area contributed by atoms with Crippen molar-refractivity contribution in [2.45, 2.75) is 63.9 Å². The number of carbonyl (C=O) groups excluding carboxylic acids is 1. The number of pyridine rings is 1. The summed E-state index contributed by atoms with van der Waals surface area (Å²) in [6.45, 7) is 2.22. The fourth-order valence-electron chi connectivity index (χ4n) is 3.28. The molecule has 30 heavy (non-hydrogen) atoms. The number of aromatic nitrogens is 3. The highest BCUT2D eigenvalue weighted by molar-refractivity contribution is 5.98. The monoisotopic (exact) mass is 416 g/mol. The molecule has 9 heteroatoms. The number of alkyl halides is 1. The molecule has 0 bridgehead atoms. The highest BCUT2D eigenvalue weighted by Crippen LogP contribution is 2.24. The third-order valence-corrected chi connectivity index (χ3v) is 5.17. The molecule has 0 aromatic carbocycles. The van der Waals surface area contributed by atoms with Gasteiger partial charge >= 0.3 is 0 Å². The number of aliphatic hydroxyl groups excluding tert-OH is 1. The molecule has 0 unspecified atom stereocenters. The number of nitrogens with zero attached hydrogens (tertiary/aromatic N) is 3. The van der Waals surface area contributed by atoms with Crippen LogP contribution >= 0.6 is 0 Å². The zero-order chi connectivity index (χ0) is 21.3. The van der Waals surface area contributed by atoms with Gasteiger partial charge in [-0.1, -0.05) is 13.0 Å². The lowest BCUT2D eigenvalue weighted by Gasteiger charge is -2.27.